The number of ether oxygens (including phenoxy) is 1. The molecule has 2 aromatic carbocycles. The molecule has 1 nitrogen and oxygen atoms in total. The van der Waals surface area contributed by atoms with E-state index in [2.05, 4.69) is 11.8 Å². The van der Waals surface area contributed by atoms with E-state index in [0.29, 0.717) is 0 Å². The Balaban J connectivity index is 2.08. The van der Waals surface area contributed by atoms with E-state index in [1.54, 1.807) is 0 Å². The van der Waals surface area contributed by atoms with Crippen molar-refractivity contribution in [2.45, 2.75) is 6.61 Å². The molecule has 0 fully saturated rings. The normalized spacial score (nSPS) is 9.90. The van der Waals surface area contributed by atoms with Crippen LogP contribution in [0, 0.1) is 29.3 Å². The zero-order valence-corrected chi connectivity index (χ0v) is 11.6. The number of rotatable bonds is 3. The molecule has 21 heavy (non-hydrogen) atoms. The highest BCUT2D eigenvalue weighted by molar-refractivity contribution is 6.19. The van der Waals surface area contributed by atoms with Crippen LogP contribution in [0.25, 0.3) is 0 Å². The molecule has 0 bridgehead atoms. The molecular weight excluding hydrogens is 301 g/mol. The summed E-state index contributed by atoms with van der Waals surface area (Å²) in [7, 11) is 0. The fraction of sp³-hybridized carbons (Fsp3) is 0.125. The molecule has 0 radical (unpaired) electrons. The number of benzene rings is 2. The lowest BCUT2D eigenvalue weighted by atomic mass is 10.2. The lowest BCUT2D eigenvalue weighted by Gasteiger charge is -2.08. The molecule has 0 saturated carbocycles. The molecule has 0 heterocycles. The second kappa shape index (κ2) is 7.05. The summed E-state index contributed by atoms with van der Waals surface area (Å²) in [4.78, 5) is 0. The van der Waals surface area contributed by atoms with Crippen molar-refractivity contribution in [3.05, 3.63) is 65.0 Å². The van der Waals surface area contributed by atoms with Crippen molar-refractivity contribution in [3.63, 3.8) is 0 Å². The molecule has 0 amide bonds. The maximum absolute atomic E-state index is 13.7. The molecular formula is C16H10ClF3O. The summed E-state index contributed by atoms with van der Waals surface area (Å²) in [5, 5.41) is 0. The summed E-state index contributed by atoms with van der Waals surface area (Å²) in [6.45, 7) is -0.127. The average Bonchev–Trinajstić information content (AvgIpc) is 2.45. The molecule has 0 aliphatic rings. The van der Waals surface area contributed by atoms with E-state index in [4.69, 9.17) is 16.3 Å². The molecule has 5 heteroatoms. The van der Waals surface area contributed by atoms with E-state index in [1.807, 2.05) is 0 Å². The van der Waals surface area contributed by atoms with Crippen molar-refractivity contribution in [3.8, 4) is 17.6 Å². The van der Waals surface area contributed by atoms with Crippen LogP contribution in [0.2, 0.25) is 0 Å². The first-order valence-electron chi connectivity index (χ1n) is 6.01. The van der Waals surface area contributed by atoms with Gasteiger partial charge in [-0.3, -0.25) is 0 Å². The minimum absolute atomic E-state index is 0.113. The third-order valence-corrected chi connectivity index (χ3v) is 2.77. The van der Waals surface area contributed by atoms with Crippen molar-refractivity contribution < 1.29 is 17.9 Å². The fourth-order valence-electron chi connectivity index (χ4n) is 1.62. The van der Waals surface area contributed by atoms with Gasteiger partial charge in [0.2, 0.25) is 0 Å². The Morgan fingerprint density at radius 2 is 1.81 bits per heavy atom. The Kier molecular flexibility index (Phi) is 5.13. The van der Waals surface area contributed by atoms with E-state index in [-0.39, 0.29) is 29.4 Å². The van der Waals surface area contributed by atoms with Gasteiger partial charge in [-0.1, -0.05) is 11.8 Å². The summed E-state index contributed by atoms with van der Waals surface area (Å²) >= 11 is 5.40. The van der Waals surface area contributed by atoms with E-state index in [1.165, 1.54) is 18.2 Å². The molecule has 0 spiro atoms. The van der Waals surface area contributed by atoms with E-state index in [9.17, 15) is 13.2 Å². The zero-order chi connectivity index (χ0) is 15.2. The second-order valence-electron chi connectivity index (χ2n) is 4.10. The molecule has 0 N–H and O–H groups in total. The van der Waals surface area contributed by atoms with Crippen molar-refractivity contribution in [2.24, 2.45) is 0 Å². The van der Waals surface area contributed by atoms with Crippen LogP contribution in [0.1, 0.15) is 11.1 Å². The van der Waals surface area contributed by atoms with Gasteiger partial charge in [-0.15, -0.1) is 11.6 Å². The molecule has 0 aromatic heterocycles. The maximum Gasteiger partial charge on any atom is 0.142 e. The van der Waals surface area contributed by atoms with E-state index in [0.717, 1.165) is 18.2 Å². The minimum Gasteiger partial charge on any atom is -0.489 e. The van der Waals surface area contributed by atoms with Crippen LogP contribution in [0.5, 0.6) is 5.75 Å². The second-order valence-corrected chi connectivity index (χ2v) is 4.37. The molecule has 0 saturated heterocycles. The summed E-state index contributed by atoms with van der Waals surface area (Å²) in [6.07, 6.45) is 0. The Morgan fingerprint density at radius 1 is 1.00 bits per heavy atom. The third kappa shape index (κ3) is 4.17. The highest BCUT2D eigenvalue weighted by Crippen LogP contribution is 2.18. The zero-order valence-electron chi connectivity index (χ0n) is 10.8. The topological polar surface area (TPSA) is 9.23 Å². The first kappa shape index (κ1) is 15.3. The van der Waals surface area contributed by atoms with Gasteiger partial charge in [0.25, 0.3) is 0 Å². The van der Waals surface area contributed by atoms with Crippen molar-refractivity contribution >= 4 is 11.6 Å². The molecule has 0 atom stereocenters. The van der Waals surface area contributed by atoms with Crippen molar-refractivity contribution in [1.29, 1.82) is 0 Å². The van der Waals surface area contributed by atoms with Crippen LogP contribution >= 0.6 is 11.6 Å². The van der Waals surface area contributed by atoms with E-state index >= 15 is 0 Å². The lowest BCUT2D eigenvalue weighted by Crippen LogP contribution is -1.99. The molecule has 0 aliphatic heterocycles. The van der Waals surface area contributed by atoms with Gasteiger partial charge in [-0.25, -0.2) is 13.2 Å². The van der Waals surface area contributed by atoms with Crippen LogP contribution in [-0.2, 0) is 6.61 Å². The number of hydrogen-bond acceptors (Lipinski definition) is 1. The van der Waals surface area contributed by atoms with Crippen LogP contribution in [0.3, 0.4) is 0 Å². The summed E-state index contributed by atoms with van der Waals surface area (Å²) in [5.41, 5.74) is 0.388. The van der Waals surface area contributed by atoms with Gasteiger partial charge in [0.15, 0.2) is 0 Å². The fourth-order valence-corrected chi connectivity index (χ4v) is 1.68. The highest BCUT2D eigenvalue weighted by atomic mass is 35.5. The van der Waals surface area contributed by atoms with Crippen LogP contribution in [0.4, 0.5) is 13.2 Å². The predicted octanol–water partition coefficient (Wildman–Crippen LogP) is 4.27. The van der Waals surface area contributed by atoms with Gasteiger partial charge in [-0.05, 0) is 24.3 Å². The van der Waals surface area contributed by atoms with Gasteiger partial charge in [-0.2, -0.15) is 0 Å². The molecule has 2 aromatic rings. The maximum atomic E-state index is 13.7. The molecule has 0 aliphatic carbocycles. The Hall–Kier alpha value is -2.12. The van der Waals surface area contributed by atoms with Crippen molar-refractivity contribution in [2.75, 3.05) is 5.88 Å². The number of hydrogen-bond donors (Lipinski definition) is 0. The van der Waals surface area contributed by atoms with Crippen LogP contribution in [-0.4, -0.2) is 5.88 Å². The largest absolute Gasteiger partial charge is 0.489 e. The van der Waals surface area contributed by atoms with Crippen LogP contribution < -0.4 is 4.74 Å². The SMILES string of the molecule is Fc1ccc(COc2ccc(C#CCCl)c(F)c2)c(F)c1. The molecule has 108 valence electrons. The van der Waals surface area contributed by atoms with Gasteiger partial charge in [0.1, 0.15) is 29.8 Å². The van der Waals surface area contributed by atoms with Gasteiger partial charge < -0.3 is 4.74 Å². The smallest absolute Gasteiger partial charge is 0.142 e. The third-order valence-electron chi connectivity index (χ3n) is 2.64. The first-order valence-corrected chi connectivity index (χ1v) is 6.54. The molecule has 2 rings (SSSR count). The summed E-state index contributed by atoms with van der Waals surface area (Å²) < 4.78 is 45.1. The summed E-state index contributed by atoms with van der Waals surface area (Å²) in [5.74, 6) is 3.53. The highest BCUT2D eigenvalue weighted by Gasteiger charge is 2.06. The standard InChI is InChI=1S/C16H10ClF3O/c17-7-1-2-11-4-6-14(9-16(11)20)21-10-12-3-5-13(18)8-15(12)19/h3-6,8-9H,7,10H2. The average molecular weight is 311 g/mol. The van der Waals surface area contributed by atoms with Crippen LogP contribution in [0.15, 0.2) is 36.4 Å². The van der Waals surface area contributed by atoms with Gasteiger partial charge in [0.05, 0.1) is 11.4 Å². The lowest BCUT2D eigenvalue weighted by molar-refractivity contribution is 0.298. The van der Waals surface area contributed by atoms with Gasteiger partial charge >= 0.3 is 0 Å². The number of halogens is 4. The Labute approximate surface area is 125 Å². The predicted molar refractivity (Wildman–Crippen MR) is 74.7 cm³/mol. The Morgan fingerprint density at radius 3 is 2.48 bits per heavy atom. The number of alkyl halides is 1. The quantitative estimate of drug-likeness (QED) is 0.607. The van der Waals surface area contributed by atoms with Crippen molar-refractivity contribution in [1.82, 2.24) is 0 Å². The Bertz CT molecular complexity index is 704. The van der Waals surface area contributed by atoms with Gasteiger partial charge in [0, 0.05) is 17.7 Å². The first-order chi connectivity index (χ1) is 10.1. The summed E-state index contributed by atoms with van der Waals surface area (Å²) in [6, 6.07) is 7.30. The molecule has 0 unspecified atom stereocenters. The monoisotopic (exact) mass is 310 g/mol. The minimum atomic E-state index is -0.708. The van der Waals surface area contributed by atoms with E-state index < -0.39 is 17.5 Å².